The molecule has 1 aromatic carbocycles. The molecule has 51 valence electrons. The maximum Gasteiger partial charge on any atom is 0.327 e. The van der Waals surface area contributed by atoms with Crippen molar-refractivity contribution >= 4 is 24.5 Å². The van der Waals surface area contributed by atoms with E-state index >= 15 is 0 Å². The molecule has 0 saturated heterocycles. The third kappa shape index (κ3) is 1.33. The van der Waals surface area contributed by atoms with Crippen LogP contribution in [0, 0.1) is 6.92 Å². The maximum atomic E-state index is 8.66. The van der Waals surface area contributed by atoms with Crippen LogP contribution in [-0.4, -0.2) is 12.5 Å². The first kappa shape index (κ1) is 7.64. The molecule has 0 unspecified atom stereocenters. The highest BCUT2D eigenvalue weighted by Crippen LogP contribution is 2.10. The van der Waals surface area contributed by atoms with Crippen LogP contribution in [0.4, 0.5) is 0 Å². The van der Waals surface area contributed by atoms with Gasteiger partial charge in [-0.25, -0.2) is 0 Å². The van der Waals surface area contributed by atoms with E-state index in [0.717, 1.165) is 18.5 Å². The predicted octanol–water partition coefficient (Wildman–Crippen LogP) is 0.885. The zero-order chi connectivity index (χ0) is 7.56. The van der Waals surface area contributed by atoms with Crippen molar-refractivity contribution in [3.8, 4) is 0 Å². The second kappa shape index (κ2) is 3.08. The second-order valence-electron chi connectivity index (χ2n) is 2.08. The second-order valence-corrected chi connectivity index (χ2v) is 2.49. The molecule has 3 heteroatoms. The average Bonchev–Trinajstić information content (AvgIpc) is 1.95. The first-order chi connectivity index (χ1) is 4.75. The SMILES string of the molecule is Cc1c(Cl)cccc1[B]O. The molecule has 0 aliphatic rings. The Kier molecular flexibility index (Phi) is 2.36. The smallest absolute Gasteiger partial charge is 0.327 e. The van der Waals surface area contributed by atoms with Crippen molar-refractivity contribution in [3.05, 3.63) is 28.8 Å². The summed E-state index contributed by atoms with van der Waals surface area (Å²) >= 11 is 5.76. The normalized spacial score (nSPS) is 9.50. The van der Waals surface area contributed by atoms with E-state index in [-0.39, 0.29) is 0 Å². The lowest BCUT2D eigenvalue weighted by Crippen LogP contribution is -2.16. The highest BCUT2D eigenvalue weighted by atomic mass is 35.5. The van der Waals surface area contributed by atoms with Crippen molar-refractivity contribution < 1.29 is 5.02 Å². The van der Waals surface area contributed by atoms with E-state index in [1.54, 1.807) is 18.2 Å². The van der Waals surface area contributed by atoms with Gasteiger partial charge in [0.1, 0.15) is 0 Å². The Morgan fingerprint density at radius 1 is 1.50 bits per heavy atom. The van der Waals surface area contributed by atoms with E-state index in [1.807, 2.05) is 6.92 Å². The summed E-state index contributed by atoms with van der Waals surface area (Å²) in [5.74, 6) is 0. The lowest BCUT2D eigenvalue weighted by atomic mass is 9.85. The predicted molar refractivity (Wildman–Crippen MR) is 43.8 cm³/mol. The number of benzene rings is 1. The van der Waals surface area contributed by atoms with Crippen LogP contribution in [0.15, 0.2) is 18.2 Å². The van der Waals surface area contributed by atoms with E-state index in [4.69, 9.17) is 16.6 Å². The molecule has 1 N–H and O–H groups in total. The molecule has 1 nitrogen and oxygen atoms in total. The number of hydrogen-bond acceptors (Lipinski definition) is 1. The maximum absolute atomic E-state index is 8.66. The minimum Gasteiger partial charge on any atom is -0.450 e. The lowest BCUT2D eigenvalue weighted by Gasteiger charge is -2.00. The fraction of sp³-hybridized carbons (Fsp3) is 0.143. The van der Waals surface area contributed by atoms with E-state index in [9.17, 15) is 0 Å². The Hall–Kier alpha value is -0.465. The summed E-state index contributed by atoms with van der Waals surface area (Å²) in [5, 5.41) is 9.34. The Labute approximate surface area is 65.9 Å². The van der Waals surface area contributed by atoms with Crippen LogP contribution < -0.4 is 5.46 Å². The van der Waals surface area contributed by atoms with Gasteiger partial charge in [-0.1, -0.05) is 23.7 Å². The van der Waals surface area contributed by atoms with Gasteiger partial charge in [-0.05, 0) is 24.0 Å². The molecule has 1 aromatic rings. The standard InChI is InChI=1S/C7H7BClO/c1-5-6(8-10)3-2-4-7(5)9/h2-4,10H,1H3. The van der Waals surface area contributed by atoms with E-state index < -0.39 is 0 Å². The van der Waals surface area contributed by atoms with Crippen molar-refractivity contribution in [3.63, 3.8) is 0 Å². The van der Waals surface area contributed by atoms with Crippen molar-refractivity contribution in [2.45, 2.75) is 6.92 Å². The highest BCUT2D eigenvalue weighted by Gasteiger charge is 2.00. The van der Waals surface area contributed by atoms with Gasteiger partial charge in [0.25, 0.3) is 0 Å². The number of hydrogen-bond donors (Lipinski definition) is 1. The molecule has 0 atom stereocenters. The minimum absolute atomic E-state index is 0.683. The van der Waals surface area contributed by atoms with E-state index in [1.165, 1.54) is 0 Å². The Morgan fingerprint density at radius 3 is 2.70 bits per heavy atom. The number of halogens is 1. The van der Waals surface area contributed by atoms with Gasteiger partial charge < -0.3 is 5.02 Å². The average molecular weight is 153 g/mol. The van der Waals surface area contributed by atoms with Crippen molar-refractivity contribution in [2.75, 3.05) is 0 Å². The fourth-order valence-electron chi connectivity index (χ4n) is 0.764. The summed E-state index contributed by atoms with van der Waals surface area (Å²) in [4.78, 5) is 0. The Balaban J connectivity index is 3.14. The molecular formula is C7H7BClO. The summed E-state index contributed by atoms with van der Waals surface area (Å²) in [6.07, 6.45) is 0. The molecule has 0 spiro atoms. The third-order valence-electron chi connectivity index (χ3n) is 1.45. The van der Waals surface area contributed by atoms with Gasteiger partial charge in [0.05, 0.1) is 0 Å². The summed E-state index contributed by atoms with van der Waals surface area (Å²) in [5.41, 5.74) is 1.68. The van der Waals surface area contributed by atoms with Crippen LogP contribution >= 0.6 is 11.6 Å². The molecule has 0 saturated carbocycles. The molecule has 0 aliphatic heterocycles. The lowest BCUT2D eigenvalue weighted by molar-refractivity contribution is 0.615. The monoisotopic (exact) mass is 153 g/mol. The van der Waals surface area contributed by atoms with Gasteiger partial charge in [-0.3, -0.25) is 0 Å². The molecule has 0 amide bonds. The van der Waals surface area contributed by atoms with Crippen molar-refractivity contribution in [1.29, 1.82) is 0 Å². The molecular weight excluding hydrogens is 146 g/mol. The van der Waals surface area contributed by atoms with Gasteiger partial charge >= 0.3 is 7.48 Å². The zero-order valence-corrected chi connectivity index (χ0v) is 6.39. The third-order valence-corrected chi connectivity index (χ3v) is 1.86. The van der Waals surface area contributed by atoms with Crippen LogP contribution in [0.5, 0.6) is 0 Å². The molecule has 0 bridgehead atoms. The van der Waals surface area contributed by atoms with E-state index in [0.29, 0.717) is 5.02 Å². The molecule has 0 aromatic heterocycles. The van der Waals surface area contributed by atoms with E-state index in [2.05, 4.69) is 0 Å². The van der Waals surface area contributed by atoms with Crippen molar-refractivity contribution in [1.82, 2.24) is 0 Å². The zero-order valence-electron chi connectivity index (χ0n) is 5.63. The Morgan fingerprint density at radius 2 is 2.20 bits per heavy atom. The fourth-order valence-corrected chi connectivity index (χ4v) is 0.946. The highest BCUT2D eigenvalue weighted by molar-refractivity contribution is 6.47. The van der Waals surface area contributed by atoms with Gasteiger partial charge in [0, 0.05) is 5.02 Å². The van der Waals surface area contributed by atoms with Gasteiger partial charge in [0.2, 0.25) is 0 Å². The van der Waals surface area contributed by atoms with Gasteiger partial charge in [-0.15, -0.1) is 0 Å². The van der Waals surface area contributed by atoms with Crippen molar-refractivity contribution in [2.24, 2.45) is 0 Å². The minimum atomic E-state index is 0.683. The number of rotatable bonds is 1. The molecule has 1 radical (unpaired) electrons. The molecule has 10 heavy (non-hydrogen) atoms. The van der Waals surface area contributed by atoms with Crippen LogP contribution in [-0.2, 0) is 0 Å². The van der Waals surface area contributed by atoms with Gasteiger partial charge in [0.15, 0.2) is 0 Å². The quantitative estimate of drug-likeness (QED) is 0.594. The van der Waals surface area contributed by atoms with Crippen LogP contribution in [0.25, 0.3) is 0 Å². The summed E-state index contributed by atoms with van der Waals surface area (Å²) in [7, 11) is 1.06. The molecule has 0 aliphatic carbocycles. The Bertz CT molecular complexity index is 237. The first-order valence-electron chi connectivity index (χ1n) is 2.98. The van der Waals surface area contributed by atoms with Crippen LogP contribution in [0.1, 0.15) is 5.56 Å². The van der Waals surface area contributed by atoms with Crippen LogP contribution in [0.2, 0.25) is 5.02 Å². The summed E-state index contributed by atoms with van der Waals surface area (Å²) in [6, 6.07) is 5.41. The van der Waals surface area contributed by atoms with Crippen LogP contribution in [0.3, 0.4) is 0 Å². The first-order valence-corrected chi connectivity index (χ1v) is 3.36. The largest absolute Gasteiger partial charge is 0.450 e. The van der Waals surface area contributed by atoms with Gasteiger partial charge in [-0.2, -0.15) is 0 Å². The molecule has 0 fully saturated rings. The molecule has 1 rings (SSSR count). The summed E-state index contributed by atoms with van der Waals surface area (Å²) < 4.78 is 0. The topological polar surface area (TPSA) is 20.2 Å². The summed E-state index contributed by atoms with van der Waals surface area (Å²) in [6.45, 7) is 1.87. The molecule has 0 heterocycles.